The van der Waals surface area contributed by atoms with Crippen LogP contribution in [-0.4, -0.2) is 30.2 Å². The van der Waals surface area contributed by atoms with Crippen molar-refractivity contribution in [2.24, 2.45) is 0 Å². The molecule has 0 aromatic carbocycles. The summed E-state index contributed by atoms with van der Waals surface area (Å²) in [6.07, 6.45) is 7.57. The van der Waals surface area contributed by atoms with Gasteiger partial charge in [-0.3, -0.25) is 9.20 Å². The molecule has 0 fully saturated rings. The first-order valence-corrected chi connectivity index (χ1v) is 8.06. The predicted molar refractivity (Wildman–Crippen MR) is 84.4 cm³/mol. The van der Waals surface area contributed by atoms with E-state index in [1.54, 1.807) is 9.30 Å². The summed E-state index contributed by atoms with van der Waals surface area (Å²) in [6.45, 7) is 2.44. The number of amides is 1. The molecule has 8 nitrogen and oxygen atoms in total. The highest BCUT2D eigenvalue weighted by Crippen LogP contribution is 2.20. The largest absolute Gasteiger partial charge is 0.451 e. The van der Waals surface area contributed by atoms with Crippen molar-refractivity contribution in [3.63, 3.8) is 0 Å². The smallest absolute Gasteiger partial charge is 0.273 e. The van der Waals surface area contributed by atoms with Crippen LogP contribution in [0, 0.1) is 6.92 Å². The first-order valence-electron chi connectivity index (χ1n) is 7.18. The van der Waals surface area contributed by atoms with E-state index in [4.69, 9.17) is 8.83 Å². The topological polar surface area (TPSA) is 89.7 Å². The Balaban J connectivity index is 1.70. The second kappa shape index (κ2) is 5.93. The van der Waals surface area contributed by atoms with Crippen molar-refractivity contribution in [3.05, 3.63) is 59.7 Å². The predicted octanol–water partition coefficient (Wildman–Crippen LogP) is 2.52. The fourth-order valence-electron chi connectivity index (χ4n) is 2.52. The van der Waals surface area contributed by atoms with Gasteiger partial charge in [-0.2, -0.15) is 0 Å². The maximum Gasteiger partial charge on any atom is 0.273 e. The molecule has 0 aliphatic carbocycles. The average Bonchev–Trinajstić information content (AvgIpc) is 3.31. The lowest BCUT2D eigenvalue weighted by atomic mass is 10.2. The van der Waals surface area contributed by atoms with E-state index in [0.29, 0.717) is 35.9 Å². The molecular weight excluding hydrogens is 330 g/mol. The fraction of sp³-hybridized carbons (Fsp3) is 0.200. The number of thiazole rings is 1. The Kier molecular flexibility index (Phi) is 3.62. The van der Waals surface area contributed by atoms with Crippen LogP contribution in [-0.2, 0) is 13.1 Å². The maximum absolute atomic E-state index is 13.1. The van der Waals surface area contributed by atoms with Crippen molar-refractivity contribution >= 4 is 22.2 Å². The molecule has 4 rings (SSSR count). The zero-order valence-corrected chi connectivity index (χ0v) is 13.6. The molecule has 0 saturated carbocycles. The molecule has 0 aliphatic heterocycles. The van der Waals surface area contributed by atoms with Gasteiger partial charge in [0.15, 0.2) is 17.7 Å². The van der Waals surface area contributed by atoms with Gasteiger partial charge in [0.1, 0.15) is 18.2 Å². The van der Waals surface area contributed by atoms with Crippen LogP contribution in [0.3, 0.4) is 0 Å². The second-order valence-corrected chi connectivity index (χ2v) is 6.10. The Hall–Kier alpha value is -2.94. The van der Waals surface area contributed by atoms with E-state index >= 15 is 0 Å². The Bertz CT molecular complexity index is 919. The van der Waals surface area contributed by atoms with Crippen molar-refractivity contribution in [3.8, 4) is 0 Å². The lowest BCUT2D eigenvalue weighted by molar-refractivity contribution is 0.0718. The van der Waals surface area contributed by atoms with Gasteiger partial charge >= 0.3 is 0 Å². The van der Waals surface area contributed by atoms with Crippen molar-refractivity contribution in [2.75, 3.05) is 0 Å². The number of rotatable bonds is 5. The number of fused-ring (bicyclic) bond motifs is 1. The monoisotopic (exact) mass is 343 g/mol. The van der Waals surface area contributed by atoms with Crippen molar-refractivity contribution in [1.82, 2.24) is 24.3 Å². The Labute approximate surface area is 140 Å². The highest BCUT2D eigenvalue weighted by molar-refractivity contribution is 7.15. The number of aryl methyl sites for hydroxylation is 1. The molecular formula is C15H13N5O3S. The third kappa shape index (κ3) is 2.58. The molecule has 1 amide bonds. The lowest BCUT2D eigenvalue weighted by Crippen LogP contribution is -2.31. The summed E-state index contributed by atoms with van der Waals surface area (Å²) in [4.78, 5) is 28.2. The van der Waals surface area contributed by atoms with E-state index in [1.807, 2.05) is 18.5 Å². The number of oxazole rings is 2. The van der Waals surface area contributed by atoms with Crippen LogP contribution in [0.2, 0.25) is 0 Å². The fourth-order valence-corrected chi connectivity index (χ4v) is 3.28. The molecule has 4 aromatic rings. The molecule has 0 saturated heterocycles. The molecule has 0 atom stereocenters. The van der Waals surface area contributed by atoms with E-state index in [2.05, 4.69) is 15.0 Å². The van der Waals surface area contributed by atoms with Gasteiger partial charge in [0.05, 0.1) is 30.2 Å². The first-order chi connectivity index (χ1) is 11.7. The van der Waals surface area contributed by atoms with Crippen LogP contribution < -0.4 is 0 Å². The first kappa shape index (κ1) is 14.6. The van der Waals surface area contributed by atoms with Crippen LogP contribution in [0.5, 0.6) is 0 Å². The molecule has 122 valence electrons. The van der Waals surface area contributed by atoms with E-state index < -0.39 is 0 Å². The lowest BCUT2D eigenvalue weighted by Gasteiger charge is -2.20. The molecule has 0 spiro atoms. The molecule has 4 aromatic heterocycles. The zero-order valence-electron chi connectivity index (χ0n) is 12.7. The average molecular weight is 343 g/mol. The molecule has 0 unspecified atom stereocenters. The normalized spacial score (nSPS) is 11.2. The highest BCUT2D eigenvalue weighted by atomic mass is 32.1. The number of hydrogen-bond acceptors (Lipinski definition) is 7. The number of hydrogen-bond donors (Lipinski definition) is 0. The van der Waals surface area contributed by atoms with Gasteiger partial charge in [0.25, 0.3) is 5.91 Å². The summed E-state index contributed by atoms with van der Waals surface area (Å²) in [5, 5.41) is 1.90. The number of carbonyl (C=O) groups is 1. The minimum absolute atomic E-state index is 0.149. The van der Waals surface area contributed by atoms with Gasteiger partial charge in [0.2, 0.25) is 0 Å². The number of imidazole rings is 1. The van der Waals surface area contributed by atoms with Crippen molar-refractivity contribution in [1.29, 1.82) is 0 Å². The van der Waals surface area contributed by atoms with Crippen LogP contribution in [0.25, 0.3) is 4.96 Å². The zero-order chi connectivity index (χ0) is 16.5. The number of aromatic nitrogens is 4. The summed E-state index contributed by atoms with van der Waals surface area (Å²) in [7, 11) is 0. The Morgan fingerprint density at radius 2 is 1.88 bits per heavy atom. The van der Waals surface area contributed by atoms with E-state index in [0.717, 1.165) is 4.96 Å². The summed E-state index contributed by atoms with van der Waals surface area (Å²) >= 11 is 1.49. The molecule has 0 aliphatic rings. The SMILES string of the molecule is Cc1nc2sccn2c1C(=O)N(Cc1cocn1)Cc1cocn1. The molecule has 0 radical (unpaired) electrons. The van der Waals surface area contributed by atoms with Gasteiger partial charge in [-0.05, 0) is 6.92 Å². The Morgan fingerprint density at radius 3 is 2.46 bits per heavy atom. The maximum atomic E-state index is 13.1. The third-order valence-electron chi connectivity index (χ3n) is 3.60. The molecule has 0 N–H and O–H groups in total. The molecule has 4 heterocycles. The number of nitrogens with zero attached hydrogens (tertiary/aromatic N) is 5. The summed E-state index contributed by atoms with van der Waals surface area (Å²) in [5.74, 6) is -0.149. The van der Waals surface area contributed by atoms with Gasteiger partial charge in [-0.25, -0.2) is 15.0 Å². The van der Waals surface area contributed by atoms with Crippen molar-refractivity contribution < 1.29 is 13.6 Å². The van der Waals surface area contributed by atoms with E-state index in [-0.39, 0.29) is 5.91 Å². The van der Waals surface area contributed by atoms with Gasteiger partial charge in [-0.15, -0.1) is 11.3 Å². The summed E-state index contributed by atoms with van der Waals surface area (Å²) in [5.41, 5.74) is 2.56. The van der Waals surface area contributed by atoms with Gasteiger partial charge in [0, 0.05) is 11.6 Å². The van der Waals surface area contributed by atoms with Gasteiger partial charge in [-0.1, -0.05) is 0 Å². The van der Waals surface area contributed by atoms with Crippen LogP contribution >= 0.6 is 11.3 Å². The molecule has 24 heavy (non-hydrogen) atoms. The van der Waals surface area contributed by atoms with E-state index in [1.165, 1.54) is 36.7 Å². The summed E-state index contributed by atoms with van der Waals surface area (Å²) in [6, 6.07) is 0. The van der Waals surface area contributed by atoms with Gasteiger partial charge < -0.3 is 13.7 Å². The molecule has 0 bridgehead atoms. The van der Waals surface area contributed by atoms with Crippen LogP contribution in [0.1, 0.15) is 27.6 Å². The van der Waals surface area contributed by atoms with Crippen LogP contribution in [0.15, 0.2) is 45.7 Å². The number of carbonyl (C=O) groups excluding carboxylic acids is 1. The van der Waals surface area contributed by atoms with Crippen LogP contribution in [0.4, 0.5) is 0 Å². The third-order valence-corrected chi connectivity index (χ3v) is 4.36. The van der Waals surface area contributed by atoms with Crippen molar-refractivity contribution in [2.45, 2.75) is 20.0 Å². The highest BCUT2D eigenvalue weighted by Gasteiger charge is 2.24. The molecule has 9 heteroatoms. The standard InChI is InChI=1S/C15H13N5O3S/c1-10-13(20-2-3-24-15(20)18-10)14(21)19(4-11-6-22-8-16-11)5-12-7-23-9-17-12/h2-3,6-9H,4-5H2,1H3. The Morgan fingerprint density at radius 1 is 1.21 bits per heavy atom. The van der Waals surface area contributed by atoms with E-state index in [9.17, 15) is 4.79 Å². The quantitative estimate of drug-likeness (QED) is 0.553. The second-order valence-electron chi connectivity index (χ2n) is 5.22. The summed E-state index contributed by atoms with van der Waals surface area (Å²) < 4.78 is 11.8. The minimum Gasteiger partial charge on any atom is -0.451 e. The minimum atomic E-state index is -0.149.